The van der Waals surface area contributed by atoms with Gasteiger partial charge >= 0.3 is 0 Å². The van der Waals surface area contributed by atoms with E-state index in [9.17, 15) is 0 Å². The van der Waals surface area contributed by atoms with Crippen LogP contribution in [0.25, 0.3) is 0 Å². The van der Waals surface area contributed by atoms with Gasteiger partial charge in [0.1, 0.15) is 11.2 Å². The van der Waals surface area contributed by atoms with Gasteiger partial charge in [0.05, 0.1) is 26.4 Å². The molecule has 2 heterocycles. The van der Waals surface area contributed by atoms with Gasteiger partial charge in [0.15, 0.2) is 0 Å². The molecule has 15 heavy (non-hydrogen) atoms. The van der Waals surface area contributed by atoms with E-state index in [0.29, 0.717) is 0 Å². The van der Waals surface area contributed by atoms with E-state index in [-0.39, 0.29) is 11.2 Å². The molecule has 0 aromatic heterocycles. The van der Waals surface area contributed by atoms with Crippen molar-refractivity contribution in [3.8, 4) is 0 Å². The monoisotopic (exact) mass is 214 g/mol. The highest BCUT2D eigenvalue weighted by atomic mass is 16.6. The summed E-state index contributed by atoms with van der Waals surface area (Å²) in [6.07, 6.45) is 4.54. The van der Waals surface area contributed by atoms with Crippen molar-refractivity contribution in [3.63, 3.8) is 0 Å². The molecule has 0 saturated carbocycles. The van der Waals surface area contributed by atoms with Gasteiger partial charge in [-0.15, -0.1) is 0 Å². The van der Waals surface area contributed by atoms with Gasteiger partial charge in [-0.1, -0.05) is 26.7 Å². The summed E-state index contributed by atoms with van der Waals surface area (Å²) in [5.41, 5.74) is 0.0153. The highest BCUT2D eigenvalue weighted by molar-refractivity contribution is 4.96. The summed E-state index contributed by atoms with van der Waals surface area (Å²) < 4.78 is 17.0. The minimum Gasteiger partial charge on any atom is -0.375 e. The first-order valence-electron chi connectivity index (χ1n) is 6.10. The summed E-state index contributed by atoms with van der Waals surface area (Å²) in [6.45, 7) is 7.48. The molecule has 0 aromatic carbocycles. The Bertz CT molecular complexity index is 185. The molecule has 0 bridgehead atoms. The number of hydrogen-bond acceptors (Lipinski definition) is 3. The molecule has 0 atom stereocenters. The van der Waals surface area contributed by atoms with Crippen LogP contribution in [0.15, 0.2) is 0 Å². The average Bonchev–Trinajstić information content (AvgIpc) is 2.11. The third-order valence-corrected chi connectivity index (χ3v) is 3.30. The zero-order valence-electron chi connectivity index (χ0n) is 9.88. The fraction of sp³-hybridized carbons (Fsp3) is 1.00. The molecule has 2 saturated heterocycles. The number of hydrogen-bond donors (Lipinski definition) is 0. The van der Waals surface area contributed by atoms with Crippen molar-refractivity contribution in [2.45, 2.75) is 50.7 Å². The third-order valence-electron chi connectivity index (χ3n) is 3.30. The summed E-state index contributed by atoms with van der Waals surface area (Å²) in [7, 11) is 0. The van der Waals surface area contributed by atoms with Gasteiger partial charge < -0.3 is 14.2 Å². The smallest absolute Gasteiger partial charge is 0.116 e. The molecule has 3 heteroatoms. The van der Waals surface area contributed by atoms with Crippen LogP contribution in [0.4, 0.5) is 0 Å². The Kier molecular flexibility index (Phi) is 3.33. The molecule has 0 amide bonds. The van der Waals surface area contributed by atoms with Crippen LogP contribution in [0.5, 0.6) is 0 Å². The highest BCUT2D eigenvalue weighted by Crippen LogP contribution is 2.37. The maximum Gasteiger partial charge on any atom is 0.116 e. The van der Waals surface area contributed by atoms with Crippen molar-refractivity contribution in [2.75, 3.05) is 26.4 Å². The maximum absolute atomic E-state index is 6.33. The zero-order valence-corrected chi connectivity index (χ0v) is 9.88. The van der Waals surface area contributed by atoms with Gasteiger partial charge in [0, 0.05) is 0 Å². The standard InChI is InChI=1S/C12H22O3/c1-3-5-11(7-13-8-11)15-12(6-4-2)9-14-10-12/h3-10H2,1-2H3. The van der Waals surface area contributed by atoms with E-state index in [2.05, 4.69) is 13.8 Å². The van der Waals surface area contributed by atoms with Crippen molar-refractivity contribution < 1.29 is 14.2 Å². The molecule has 88 valence electrons. The normalized spacial score (nSPS) is 26.8. The average molecular weight is 214 g/mol. The van der Waals surface area contributed by atoms with Gasteiger partial charge in [-0.2, -0.15) is 0 Å². The van der Waals surface area contributed by atoms with E-state index in [0.717, 1.165) is 52.1 Å². The lowest BCUT2D eigenvalue weighted by Gasteiger charge is -2.51. The van der Waals surface area contributed by atoms with Crippen molar-refractivity contribution >= 4 is 0 Å². The van der Waals surface area contributed by atoms with Gasteiger partial charge in [0.25, 0.3) is 0 Å². The van der Waals surface area contributed by atoms with E-state index >= 15 is 0 Å². The molecule has 0 N–H and O–H groups in total. The quantitative estimate of drug-likeness (QED) is 0.678. The predicted molar refractivity (Wildman–Crippen MR) is 58.0 cm³/mol. The van der Waals surface area contributed by atoms with Crippen LogP contribution >= 0.6 is 0 Å². The van der Waals surface area contributed by atoms with Gasteiger partial charge in [0.2, 0.25) is 0 Å². The first-order valence-corrected chi connectivity index (χ1v) is 6.10. The van der Waals surface area contributed by atoms with Gasteiger partial charge in [-0.3, -0.25) is 0 Å². The minimum absolute atomic E-state index is 0.00764. The lowest BCUT2D eigenvalue weighted by atomic mass is 9.90. The van der Waals surface area contributed by atoms with Crippen LogP contribution in [0.2, 0.25) is 0 Å². The summed E-state index contributed by atoms with van der Waals surface area (Å²) >= 11 is 0. The highest BCUT2D eigenvalue weighted by Gasteiger charge is 2.49. The van der Waals surface area contributed by atoms with Crippen LogP contribution in [-0.2, 0) is 14.2 Å². The third kappa shape index (κ3) is 2.19. The molecule has 0 spiro atoms. The van der Waals surface area contributed by atoms with E-state index < -0.39 is 0 Å². The van der Waals surface area contributed by atoms with Crippen LogP contribution in [0.1, 0.15) is 39.5 Å². The molecular weight excluding hydrogens is 192 g/mol. The van der Waals surface area contributed by atoms with E-state index in [1.54, 1.807) is 0 Å². The molecular formula is C12H22O3. The molecule has 0 aromatic rings. The predicted octanol–water partition coefficient (Wildman–Crippen LogP) is 2.14. The molecule has 2 rings (SSSR count). The second kappa shape index (κ2) is 4.40. The lowest BCUT2D eigenvalue weighted by molar-refractivity contribution is -0.318. The minimum atomic E-state index is 0.00764. The second-order valence-corrected chi connectivity index (χ2v) is 4.95. The summed E-state index contributed by atoms with van der Waals surface area (Å²) in [5, 5.41) is 0. The van der Waals surface area contributed by atoms with E-state index in [1.807, 2.05) is 0 Å². The number of ether oxygens (including phenoxy) is 3. The van der Waals surface area contributed by atoms with Crippen molar-refractivity contribution in [1.29, 1.82) is 0 Å². The van der Waals surface area contributed by atoms with Crippen molar-refractivity contribution in [1.82, 2.24) is 0 Å². The van der Waals surface area contributed by atoms with Crippen LogP contribution in [0, 0.1) is 0 Å². The molecule has 0 radical (unpaired) electrons. The maximum atomic E-state index is 6.33. The first kappa shape index (κ1) is 11.4. The fourth-order valence-electron chi connectivity index (χ4n) is 2.54. The van der Waals surface area contributed by atoms with Crippen LogP contribution in [0.3, 0.4) is 0 Å². The Morgan fingerprint density at radius 2 is 1.27 bits per heavy atom. The van der Waals surface area contributed by atoms with Crippen LogP contribution < -0.4 is 0 Å². The zero-order chi connectivity index (χ0) is 10.8. The molecule has 0 unspecified atom stereocenters. The molecule has 2 aliphatic rings. The molecule has 3 nitrogen and oxygen atoms in total. The van der Waals surface area contributed by atoms with Crippen LogP contribution in [-0.4, -0.2) is 37.6 Å². The Morgan fingerprint density at radius 1 is 0.867 bits per heavy atom. The van der Waals surface area contributed by atoms with E-state index in [4.69, 9.17) is 14.2 Å². The Hall–Kier alpha value is -0.120. The van der Waals surface area contributed by atoms with E-state index in [1.165, 1.54) is 0 Å². The first-order chi connectivity index (χ1) is 7.24. The Balaban J connectivity index is 1.92. The lowest BCUT2D eigenvalue weighted by Crippen LogP contribution is -2.63. The Labute approximate surface area is 92.1 Å². The molecule has 0 aliphatic carbocycles. The summed E-state index contributed by atoms with van der Waals surface area (Å²) in [6, 6.07) is 0. The molecule has 2 fully saturated rings. The van der Waals surface area contributed by atoms with Crippen molar-refractivity contribution in [3.05, 3.63) is 0 Å². The van der Waals surface area contributed by atoms with Crippen molar-refractivity contribution in [2.24, 2.45) is 0 Å². The topological polar surface area (TPSA) is 27.7 Å². The summed E-state index contributed by atoms with van der Waals surface area (Å²) in [5.74, 6) is 0. The largest absolute Gasteiger partial charge is 0.375 e. The summed E-state index contributed by atoms with van der Waals surface area (Å²) in [4.78, 5) is 0. The van der Waals surface area contributed by atoms with Gasteiger partial charge in [-0.25, -0.2) is 0 Å². The number of rotatable bonds is 6. The SMILES string of the molecule is CCCC1(OC2(CCC)COC2)COC1. The Morgan fingerprint density at radius 3 is 1.47 bits per heavy atom. The second-order valence-electron chi connectivity index (χ2n) is 4.95. The molecule has 2 aliphatic heterocycles. The fourth-order valence-corrected chi connectivity index (χ4v) is 2.54. The van der Waals surface area contributed by atoms with Gasteiger partial charge in [-0.05, 0) is 12.8 Å².